The number of amides is 2. The summed E-state index contributed by atoms with van der Waals surface area (Å²) in [6, 6.07) is 16.0. The summed E-state index contributed by atoms with van der Waals surface area (Å²) in [4.78, 5) is 28.7. The summed E-state index contributed by atoms with van der Waals surface area (Å²) < 4.78 is 0. The fourth-order valence-corrected chi connectivity index (χ4v) is 2.52. The van der Waals surface area contributed by atoms with Gasteiger partial charge in [0.05, 0.1) is 5.56 Å². The number of hydrogen-bond donors (Lipinski definition) is 2. The van der Waals surface area contributed by atoms with Crippen LogP contribution in [0.3, 0.4) is 0 Å². The average molecular weight is 345 g/mol. The van der Waals surface area contributed by atoms with Crippen LogP contribution in [-0.4, -0.2) is 16.8 Å². The number of nitrogens with one attached hydrogen (secondary N) is 2. The fraction of sp³-hybridized carbons (Fsp3) is 0.0952. The van der Waals surface area contributed by atoms with Crippen molar-refractivity contribution in [2.24, 2.45) is 0 Å². The molecular formula is C21H19N3O2. The Morgan fingerprint density at radius 1 is 0.846 bits per heavy atom. The summed E-state index contributed by atoms with van der Waals surface area (Å²) in [5, 5.41) is 5.70. The van der Waals surface area contributed by atoms with Crippen LogP contribution in [0.15, 0.2) is 67.0 Å². The molecule has 2 amide bonds. The Labute approximate surface area is 152 Å². The molecule has 1 aromatic heterocycles. The number of aromatic nitrogens is 1. The molecule has 0 unspecified atom stereocenters. The molecular weight excluding hydrogens is 326 g/mol. The zero-order valence-electron chi connectivity index (χ0n) is 14.6. The first-order valence-electron chi connectivity index (χ1n) is 8.23. The second-order valence-corrected chi connectivity index (χ2v) is 5.98. The molecule has 0 saturated carbocycles. The van der Waals surface area contributed by atoms with E-state index in [0.717, 1.165) is 16.8 Å². The molecule has 3 rings (SSSR count). The highest BCUT2D eigenvalue weighted by molar-refractivity contribution is 6.07. The minimum atomic E-state index is -0.273. The maximum Gasteiger partial charge on any atom is 0.257 e. The molecule has 0 spiro atoms. The Bertz CT molecular complexity index is 952. The molecule has 130 valence electrons. The minimum Gasteiger partial charge on any atom is -0.322 e. The third kappa shape index (κ3) is 3.95. The smallest absolute Gasteiger partial charge is 0.257 e. The Morgan fingerprint density at radius 2 is 1.58 bits per heavy atom. The largest absolute Gasteiger partial charge is 0.322 e. The van der Waals surface area contributed by atoms with Gasteiger partial charge in [-0.05, 0) is 61.4 Å². The van der Waals surface area contributed by atoms with Gasteiger partial charge in [-0.1, -0.05) is 18.2 Å². The number of pyridine rings is 1. The van der Waals surface area contributed by atoms with E-state index in [2.05, 4.69) is 15.6 Å². The average Bonchev–Trinajstić information content (AvgIpc) is 2.66. The molecule has 0 aliphatic carbocycles. The number of hydrogen-bond acceptors (Lipinski definition) is 3. The molecule has 0 radical (unpaired) electrons. The van der Waals surface area contributed by atoms with Gasteiger partial charge in [0, 0.05) is 29.3 Å². The Morgan fingerprint density at radius 3 is 2.35 bits per heavy atom. The highest BCUT2D eigenvalue weighted by atomic mass is 16.2. The first kappa shape index (κ1) is 17.4. The standard InChI is InChI=1S/C21H19N3O2/c1-14-6-3-10-19(15(14)2)24-20(25)16-7-4-9-18(12-16)23-21(26)17-8-5-11-22-13-17/h3-13H,1-2H3,(H,23,26)(H,24,25). The maximum atomic E-state index is 12.6. The molecule has 5 heteroatoms. The molecule has 0 fully saturated rings. The summed E-state index contributed by atoms with van der Waals surface area (Å²) in [5.41, 5.74) is 4.39. The molecule has 0 bridgehead atoms. The first-order chi connectivity index (χ1) is 12.5. The predicted octanol–water partition coefficient (Wildman–Crippen LogP) is 4.20. The van der Waals surface area contributed by atoms with Crippen molar-refractivity contribution in [1.29, 1.82) is 0 Å². The Balaban J connectivity index is 1.75. The number of benzene rings is 2. The summed E-state index contributed by atoms with van der Waals surface area (Å²) in [6.45, 7) is 3.97. The van der Waals surface area contributed by atoms with Crippen LogP contribution in [0.25, 0.3) is 0 Å². The lowest BCUT2D eigenvalue weighted by Gasteiger charge is -2.11. The van der Waals surface area contributed by atoms with E-state index in [1.54, 1.807) is 42.6 Å². The van der Waals surface area contributed by atoms with Crippen molar-refractivity contribution in [3.8, 4) is 0 Å². The van der Waals surface area contributed by atoms with Gasteiger partial charge in [0.1, 0.15) is 0 Å². The SMILES string of the molecule is Cc1cccc(NC(=O)c2cccc(NC(=O)c3cccnc3)c2)c1C. The number of carbonyl (C=O) groups excluding carboxylic acids is 2. The summed E-state index contributed by atoms with van der Waals surface area (Å²) in [7, 11) is 0. The summed E-state index contributed by atoms with van der Waals surface area (Å²) >= 11 is 0. The van der Waals surface area contributed by atoms with Crippen molar-refractivity contribution in [2.45, 2.75) is 13.8 Å². The molecule has 2 N–H and O–H groups in total. The van der Waals surface area contributed by atoms with E-state index in [1.807, 2.05) is 32.0 Å². The van der Waals surface area contributed by atoms with Gasteiger partial charge in [0.25, 0.3) is 11.8 Å². The summed E-state index contributed by atoms with van der Waals surface area (Å²) in [5.74, 6) is -0.499. The Kier molecular flexibility index (Phi) is 5.08. The first-order valence-corrected chi connectivity index (χ1v) is 8.23. The van der Waals surface area contributed by atoms with Crippen molar-refractivity contribution < 1.29 is 9.59 Å². The zero-order chi connectivity index (χ0) is 18.5. The summed E-state index contributed by atoms with van der Waals surface area (Å²) in [6.07, 6.45) is 3.10. The van der Waals surface area contributed by atoms with Crippen LogP contribution in [-0.2, 0) is 0 Å². The lowest BCUT2D eigenvalue weighted by molar-refractivity contribution is 0.101. The number of aryl methyl sites for hydroxylation is 1. The molecule has 2 aromatic carbocycles. The normalized spacial score (nSPS) is 10.2. The molecule has 0 saturated heterocycles. The van der Waals surface area contributed by atoms with E-state index >= 15 is 0 Å². The molecule has 1 heterocycles. The second kappa shape index (κ2) is 7.61. The molecule has 5 nitrogen and oxygen atoms in total. The van der Waals surface area contributed by atoms with E-state index in [-0.39, 0.29) is 11.8 Å². The van der Waals surface area contributed by atoms with Crippen molar-refractivity contribution in [3.05, 3.63) is 89.2 Å². The monoisotopic (exact) mass is 345 g/mol. The van der Waals surface area contributed by atoms with Crippen molar-refractivity contribution in [3.63, 3.8) is 0 Å². The lowest BCUT2D eigenvalue weighted by atomic mass is 10.1. The number of anilines is 2. The lowest BCUT2D eigenvalue weighted by Crippen LogP contribution is -2.15. The van der Waals surface area contributed by atoms with E-state index in [9.17, 15) is 9.59 Å². The van der Waals surface area contributed by atoms with Gasteiger partial charge >= 0.3 is 0 Å². The van der Waals surface area contributed by atoms with Crippen molar-refractivity contribution in [1.82, 2.24) is 4.98 Å². The molecule has 3 aromatic rings. The maximum absolute atomic E-state index is 12.6. The van der Waals surface area contributed by atoms with Gasteiger partial charge < -0.3 is 10.6 Å². The van der Waals surface area contributed by atoms with Crippen molar-refractivity contribution >= 4 is 23.2 Å². The van der Waals surface area contributed by atoms with E-state index in [0.29, 0.717) is 16.8 Å². The van der Waals surface area contributed by atoms with Crippen LogP contribution < -0.4 is 10.6 Å². The minimum absolute atomic E-state index is 0.226. The molecule has 0 aliphatic heterocycles. The van der Waals surface area contributed by atoms with Crippen LogP contribution >= 0.6 is 0 Å². The van der Waals surface area contributed by atoms with Gasteiger partial charge in [-0.15, -0.1) is 0 Å². The number of nitrogens with zero attached hydrogens (tertiary/aromatic N) is 1. The van der Waals surface area contributed by atoms with Crippen LogP contribution in [0.4, 0.5) is 11.4 Å². The fourth-order valence-electron chi connectivity index (χ4n) is 2.52. The topological polar surface area (TPSA) is 71.1 Å². The third-order valence-electron chi connectivity index (χ3n) is 4.16. The highest BCUT2D eigenvalue weighted by Crippen LogP contribution is 2.20. The zero-order valence-corrected chi connectivity index (χ0v) is 14.6. The van der Waals surface area contributed by atoms with Crippen molar-refractivity contribution in [2.75, 3.05) is 10.6 Å². The quantitative estimate of drug-likeness (QED) is 0.744. The third-order valence-corrected chi connectivity index (χ3v) is 4.16. The second-order valence-electron chi connectivity index (χ2n) is 5.98. The van der Waals surface area contributed by atoms with E-state index < -0.39 is 0 Å². The van der Waals surface area contributed by atoms with Crippen LogP contribution in [0.1, 0.15) is 31.8 Å². The Hall–Kier alpha value is -3.47. The number of rotatable bonds is 4. The van der Waals surface area contributed by atoms with Crippen LogP contribution in [0.2, 0.25) is 0 Å². The van der Waals surface area contributed by atoms with Gasteiger partial charge in [-0.2, -0.15) is 0 Å². The predicted molar refractivity (Wildman–Crippen MR) is 103 cm³/mol. The number of carbonyl (C=O) groups is 2. The van der Waals surface area contributed by atoms with Crippen LogP contribution in [0.5, 0.6) is 0 Å². The van der Waals surface area contributed by atoms with Crippen LogP contribution in [0, 0.1) is 13.8 Å². The van der Waals surface area contributed by atoms with Gasteiger partial charge in [0.2, 0.25) is 0 Å². The van der Waals surface area contributed by atoms with Gasteiger partial charge in [-0.25, -0.2) is 0 Å². The molecule has 0 aliphatic rings. The highest BCUT2D eigenvalue weighted by Gasteiger charge is 2.11. The molecule has 0 atom stereocenters. The van der Waals surface area contributed by atoms with Gasteiger partial charge in [0.15, 0.2) is 0 Å². The van der Waals surface area contributed by atoms with E-state index in [1.165, 1.54) is 6.20 Å². The molecule has 26 heavy (non-hydrogen) atoms. The van der Waals surface area contributed by atoms with E-state index in [4.69, 9.17) is 0 Å². The van der Waals surface area contributed by atoms with Gasteiger partial charge in [-0.3, -0.25) is 14.6 Å².